The minimum Gasteiger partial charge on any atom is -0.378 e. The van der Waals surface area contributed by atoms with Gasteiger partial charge in [0.05, 0.1) is 13.2 Å². The van der Waals surface area contributed by atoms with E-state index in [1.807, 2.05) is 30.3 Å². The third-order valence-electron chi connectivity index (χ3n) is 3.89. The predicted octanol–water partition coefficient (Wildman–Crippen LogP) is 0.898. The second kappa shape index (κ2) is 5.63. The number of carbonyl (C=O) groups excluding carboxylic acids is 2. The number of nitrogens with zero attached hydrogens (tertiary/aromatic N) is 2. The van der Waals surface area contributed by atoms with Gasteiger partial charge in [0.1, 0.15) is 5.92 Å². The standard InChI is InChI=1S/C15H18N2O3/c18-14(16-8-10-20-11-9-16)13-6-7-17(15(13)19)12-4-2-1-3-5-12/h1-5,13H,6-11H2. The fourth-order valence-corrected chi connectivity index (χ4v) is 2.78. The van der Waals surface area contributed by atoms with Crippen LogP contribution in [0.3, 0.4) is 0 Å². The summed E-state index contributed by atoms with van der Waals surface area (Å²) in [5.74, 6) is -0.641. The first-order chi connectivity index (χ1) is 9.77. The van der Waals surface area contributed by atoms with Crippen molar-refractivity contribution in [3.05, 3.63) is 30.3 Å². The molecular weight excluding hydrogens is 256 g/mol. The smallest absolute Gasteiger partial charge is 0.239 e. The predicted molar refractivity (Wildman–Crippen MR) is 74.3 cm³/mol. The molecule has 2 fully saturated rings. The Bertz CT molecular complexity index is 497. The zero-order valence-electron chi connectivity index (χ0n) is 11.3. The molecule has 2 aliphatic heterocycles. The molecule has 0 bridgehead atoms. The molecule has 5 heteroatoms. The lowest BCUT2D eigenvalue weighted by atomic mass is 10.1. The quantitative estimate of drug-likeness (QED) is 0.753. The lowest BCUT2D eigenvalue weighted by Gasteiger charge is -2.28. The lowest BCUT2D eigenvalue weighted by molar-refractivity contribution is -0.143. The number of para-hydroxylation sites is 1. The van der Waals surface area contributed by atoms with Crippen LogP contribution in [0, 0.1) is 5.92 Å². The van der Waals surface area contributed by atoms with Gasteiger partial charge in [-0.2, -0.15) is 0 Å². The van der Waals surface area contributed by atoms with Crippen LogP contribution in [0.2, 0.25) is 0 Å². The maximum absolute atomic E-state index is 12.4. The van der Waals surface area contributed by atoms with E-state index in [9.17, 15) is 9.59 Å². The summed E-state index contributed by atoms with van der Waals surface area (Å²) in [7, 11) is 0. The van der Waals surface area contributed by atoms with E-state index in [0.717, 1.165) is 5.69 Å². The summed E-state index contributed by atoms with van der Waals surface area (Å²) in [6, 6.07) is 9.53. The molecule has 1 unspecified atom stereocenters. The van der Waals surface area contributed by atoms with Crippen LogP contribution in [0.5, 0.6) is 0 Å². The van der Waals surface area contributed by atoms with Gasteiger partial charge in [-0.15, -0.1) is 0 Å². The lowest BCUT2D eigenvalue weighted by Crippen LogP contribution is -2.45. The van der Waals surface area contributed by atoms with E-state index in [2.05, 4.69) is 0 Å². The van der Waals surface area contributed by atoms with Gasteiger partial charge in [-0.1, -0.05) is 18.2 Å². The van der Waals surface area contributed by atoms with Crippen molar-refractivity contribution < 1.29 is 14.3 Å². The maximum Gasteiger partial charge on any atom is 0.239 e. The van der Waals surface area contributed by atoms with Crippen molar-refractivity contribution in [2.75, 3.05) is 37.7 Å². The Balaban J connectivity index is 1.70. The van der Waals surface area contributed by atoms with Crippen molar-refractivity contribution in [1.29, 1.82) is 0 Å². The fourth-order valence-electron chi connectivity index (χ4n) is 2.78. The number of hydrogen-bond donors (Lipinski definition) is 0. The molecule has 5 nitrogen and oxygen atoms in total. The monoisotopic (exact) mass is 274 g/mol. The van der Waals surface area contributed by atoms with Crippen LogP contribution in [0.4, 0.5) is 5.69 Å². The number of ether oxygens (including phenoxy) is 1. The van der Waals surface area contributed by atoms with Gasteiger partial charge in [-0.3, -0.25) is 9.59 Å². The second-order valence-electron chi connectivity index (χ2n) is 5.10. The van der Waals surface area contributed by atoms with Gasteiger partial charge in [0.2, 0.25) is 11.8 Å². The van der Waals surface area contributed by atoms with Crippen LogP contribution in [-0.4, -0.2) is 49.6 Å². The van der Waals surface area contributed by atoms with Gasteiger partial charge in [-0.25, -0.2) is 0 Å². The molecule has 1 aromatic rings. The highest BCUT2D eigenvalue weighted by Gasteiger charge is 2.39. The highest BCUT2D eigenvalue weighted by Crippen LogP contribution is 2.26. The molecule has 2 saturated heterocycles. The van der Waals surface area contributed by atoms with Gasteiger partial charge in [-0.05, 0) is 18.6 Å². The number of amides is 2. The first-order valence-corrected chi connectivity index (χ1v) is 7.00. The van der Waals surface area contributed by atoms with E-state index in [1.54, 1.807) is 9.80 Å². The van der Waals surface area contributed by atoms with Gasteiger partial charge in [0.15, 0.2) is 0 Å². The maximum atomic E-state index is 12.4. The molecule has 0 saturated carbocycles. The van der Waals surface area contributed by atoms with E-state index in [1.165, 1.54) is 0 Å². The first kappa shape index (κ1) is 13.1. The molecule has 2 aliphatic rings. The summed E-state index contributed by atoms with van der Waals surface area (Å²) < 4.78 is 5.24. The molecule has 0 aromatic heterocycles. The molecule has 0 aliphatic carbocycles. The van der Waals surface area contributed by atoms with Crippen LogP contribution in [-0.2, 0) is 14.3 Å². The SMILES string of the molecule is O=C(C1CCN(c2ccccc2)C1=O)N1CCOCC1. The Labute approximate surface area is 118 Å². The molecule has 1 atom stereocenters. The Morgan fingerprint density at radius 2 is 1.80 bits per heavy atom. The largest absolute Gasteiger partial charge is 0.378 e. The molecule has 3 rings (SSSR count). The molecular formula is C15H18N2O3. The number of rotatable bonds is 2. The fraction of sp³-hybridized carbons (Fsp3) is 0.467. The topological polar surface area (TPSA) is 49.9 Å². The van der Waals surface area contributed by atoms with Gasteiger partial charge in [0, 0.05) is 25.3 Å². The van der Waals surface area contributed by atoms with Crippen molar-refractivity contribution in [2.24, 2.45) is 5.92 Å². The Morgan fingerprint density at radius 1 is 1.10 bits per heavy atom. The molecule has 1 aromatic carbocycles. The number of morpholine rings is 1. The van der Waals surface area contributed by atoms with Crippen molar-refractivity contribution in [1.82, 2.24) is 4.90 Å². The van der Waals surface area contributed by atoms with Crippen LogP contribution in [0.15, 0.2) is 30.3 Å². The van der Waals surface area contributed by atoms with E-state index in [4.69, 9.17) is 4.74 Å². The summed E-state index contributed by atoms with van der Waals surface area (Å²) in [6.07, 6.45) is 0.601. The average molecular weight is 274 g/mol. The average Bonchev–Trinajstić information content (AvgIpc) is 2.90. The summed E-state index contributed by atoms with van der Waals surface area (Å²) in [5.41, 5.74) is 0.870. The third kappa shape index (κ3) is 2.41. The number of anilines is 1. The summed E-state index contributed by atoms with van der Waals surface area (Å²) in [4.78, 5) is 28.3. The number of hydrogen-bond acceptors (Lipinski definition) is 3. The molecule has 20 heavy (non-hydrogen) atoms. The summed E-state index contributed by atoms with van der Waals surface area (Å²) in [5, 5.41) is 0. The minimum atomic E-state index is -0.520. The highest BCUT2D eigenvalue weighted by atomic mass is 16.5. The van der Waals surface area contributed by atoms with Crippen LogP contribution >= 0.6 is 0 Å². The van der Waals surface area contributed by atoms with Crippen molar-refractivity contribution in [3.63, 3.8) is 0 Å². The first-order valence-electron chi connectivity index (χ1n) is 7.00. The van der Waals surface area contributed by atoms with Crippen LogP contribution in [0.25, 0.3) is 0 Å². The molecule has 2 heterocycles. The number of carbonyl (C=O) groups is 2. The van der Waals surface area contributed by atoms with Crippen molar-refractivity contribution in [2.45, 2.75) is 6.42 Å². The van der Waals surface area contributed by atoms with E-state index >= 15 is 0 Å². The Morgan fingerprint density at radius 3 is 2.50 bits per heavy atom. The third-order valence-corrected chi connectivity index (χ3v) is 3.89. The zero-order chi connectivity index (χ0) is 13.9. The zero-order valence-corrected chi connectivity index (χ0v) is 11.3. The normalized spacial score (nSPS) is 23.2. The molecule has 0 spiro atoms. The highest BCUT2D eigenvalue weighted by molar-refractivity contribution is 6.09. The van der Waals surface area contributed by atoms with Crippen LogP contribution in [0.1, 0.15) is 6.42 Å². The number of benzene rings is 1. The molecule has 106 valence electrons. The Kier molecular flexibility index (Phi) is 3.69. The second-order valence-corrected chi connectivity index (χ2v) is 5.10. The van der Waals surface area contributed by atoms with Gasteiger partial charge in [0.25, 0.3) is 0 Å². The van der Waals surface area contributed by atoms with Crippen molar-refractivity contribution >= 4 is 17.5 Å². The Hall–Kier alpha value is -1.88. The van der Waals surface area contributed by atoms with Gasteiger partial charge >= 0.3 is 0 Å². The van der Waals surface area contributed by atoms with E-state index < -0.39 is 5.92 Å². The summed E-state index contributed by atoms with van der Waals surface area (Å²) >= 11 is 0. The molecule has 0 radical (unpaired) electrons. The van der Waals surface area contributed by atoms with Gasteiger partial charge < -0.3 is 14.5 Å². The minimum absolute atomic E-state index is 0.0447. The molecule has 2 amide bonds. The summed E-state index contributed by atoms with van der Waals surface area (Å²) in [6.45, 7) is 2.93. The molecule has 0 N–H and O–H groups in total. The van der Waals surface area contributed by atoms with Crippen molar-refractivity contribution in [3.8, 4) is 0 Å². The van der Waals surface area contributed by atoms with Crippen LogP contribution < -0.4 is 4.90 Å². The van der Waals surface area contributed by atoms with E-state index in [0.29, 0.717) is 39.3 Å². The van der Waals surface area contributed by atoms with E-state index in [-0.39, 0.29) is 11.8 Å².